The first kappa shape index (κ1) is 18.7. The topological polar surface area (TPSA) is 70.0 Å². The summed E-state index contributed by atoms with van der Waals surface area (Å²) >= 11 is 0. The Kier molecular flexibility index (Phi) is 4.71. The second-order valence-corrected chi connectivity index (χ2v) is 8.77. The van der Waals surface area contributed by atoms with E-state index in [1.165, 1.54) is 11.6 Å². The van der Waals surface area contributed by atoms with Gasteiger partial charge >= 0.3 is 0 Å². The summed E-state index contributed by atoms with van der Waals surface area (Å²) < 4.78 is 29.1. The van der Waals surface area contributed by atoms with Crippen LogP contribution in [0.4, 0.5) is 5.69 Å². The van der Waals surface area contributed by atoms with Crippen molar-refractivity contribution in [1.29, 1.82) is 0 Å². The van der Waals surface area contributed by atoms with Crippen LogP contribution in [0.3, 0.4) is 0 Å². The molecule has 7 heteroatoms. The highest BCUT2D eigenvalue weighted by molar-refractivity contribution is 7.90. The van der Waals surface area contributed by atoms with Gasteiger partial charge in [-0.3, -0.25) is 4.79 Å². The van der Waals surface area contributed by atoms with Gasteiger partial charge in [-0.05, 0) is 49.1 Å². The lowest BCUT2D eigenvalue weighted by molar-refractivity contribution is 0.0734. The molecule has 1 amide bonds. The second kappa shape index (κ2) is 7.05. The minimum Gasteiger partial charge on any atom is -0.334 e. The maximum Gasteiger partial charge on any atom is 0.286 e. The van der Waals surface area contributed by atoms with E-state index in [0.717, 1.165) is 18.4 Å². The Morgan fingerprint density at radius 1 is 1.14 bits per heavy atom. The van der Waals surface area contributed by atoms with Gasteiger partial charge in [0.2, 0.25) is 0 Å². The number of rotatable bonds is 3. The molecule has 0 saturated heterocycles. The van der Waals surface area contributed by atoms with Crippen LogP contribution in [-0.4, -0.2) is 38.2 Å². The van der Waals surface area contributed by atoms with E-state index >= 15 is 0 Å². The minimum atomic E-state index is -3.80. The number of carbonyl (C=O) groups is 1. The molecule has 2 aliphatic rings. The molecule has 2 heterocycles. The number of nitrogens with zero attached hydrogens (tertiary/aromatic N) is 3. The van der Waals surface area contributed by atoms with Gasteiger partial charge in [-0.1, -0.05) is 31.2 Å². The second-order valence-electron chi connectivity index (χ2n) is 7.19. The van der Waals surface area contributed by atoms with Crippen LogP contribution in [0.25, 0.3) is 0 Å². The number of benzene rings is 2. The molecule has 4 rings (SSSR count). The predicted molar refractivity (Wildman–Crippen MR) is 109 cm³/mol. The van der Waals surface area contributed by atoms with Crippen molar-refractivity contribution in [2.24, 2.45) is 4.40 Å². The SMILES string of the molecule is CCCN1C(C)=NS(=O)(=O)c2cc(C(=O)N3CCc4ccccc4C3)ccc21. The van der Waals surface area contributed by atoms with Gasteiger partial charge in [0.1, 0.15) is 10.7 Å². The van der Waals surface area contributed by atoms with Crippen molar-refractivity contribution in [3.8, 4) is 0 Å². The lowest BCUT2D eigenvalue weighted by Gasteiger charge is -2.31. The highest BCUT2D eigenvalue weighted by atomic mass is 32.2. The molecule has 0 aliphatic carbocycles. The Bertz CT molecular complexity index is 1080. The fourth-order valence-corrected chi connectivity index (χ4v) is 5.14. The summed E-state index contributed by atoms with van der Waals surface area (Å²) in [7, 11) is -3.80. The molecular weight excluding hydrogens is 374 g/mol. The smallest absolute Gasteiger partial charge is 0.286 e. The Morgan fingerprint density at radius 3 is 2.64 bits per heavy atom. The molecule has 2 aliphatic heterocycles. The number of anilines is 1. The fourth-order valence-electron chi connectivity index (χ4n) is 3.88. The first-order chi connectivity index (χ1) is 13.4. The molecule has 0 N–H and O–H groups in total. The van der Waals surface area contributed by atoms with Crippen LogP contribution < -0.4 is 4.90 Å². The van der Waals surface area contributed by atoms with E-state index < -0.39 is 10.0 Å². The molecule has 0 bridgehead atoms. The number of hydrogen-bond donors (Lipinski definition) is 0. The zero-order valence-corrected chi connectivity index (χ0v) is 16.9. The summed E-state index contributed by atoms with van der Waals surface area (Å²) in [5, 5.41) is 0. The zero-order chi connectivity index (χ0) is 19.9. The van der Waals surface area contributed by atoms with Gasteiger partial charge in [0.05, 0.1) is 5.69 Å². The summed E-state index contributed by atoms with van der Waals surface area (Å²) in [5.41, 5.74) is 3.38. The number of sulfonamides is 1. The van der Waals surface area contributed by atoms with Gasteiger partial charge in [0.25, 0.3) is 15.9 Å². The van der Waals surface area contributed by atoms with E-state index in [0.29, 0.717) is 36.7 Å². The van der Waals surface area contributed by atoms with Crippen LogP contribution in [0.1, 0.15) is 41.8 Å². The first-order valence-corrected chi connectivity index (χ1v) is 10.9. The average Bonchev–Trinajstić information content (AvgIpc) is 2.69. The Morgan fingerprint density at radius 2 is 1.89 bits per heavy atom. The molecule has 28 heavy (non-hydrogen) atoms. The van der Waals surface area contributed by atoms with E-state index in [4.69, 9.17) is 0 Å². The van der Waals surface area contributed by atoms with Gasteiger partial charge in [0, 0.05) is 25.2 Å². The maximum atomic E-state index is 13.1. The summed E-state index contributed by atoms with van der Waals surface area (Å²) in [6.45, 7) is 5.56. The third-order valence-electron chi connectivity index (χ3n) is 5.28. The highest BCUT2D eigenvalue weighted by Gasteiger charge is 2.30. The molecular formula is C21H23N3O3S. The summed E-state index contributed by atoms with van der Waals surface area (Å²) in [4.78, 5) is 16.8. The van der Waals surface area contributed by atoms with Crippen molar-refractivity contribution in [1.82, 2.24) is 4.90 Å². The van der Waals surface area contributed by atoms with E-state index in [1.54, 1.807) is 24.0 Å². The third kappa shape index (κ3) is 3.20. The van der Waals surface area contributed by atoms with Gasteiger partial charge in [0.15, 0.2) is 0 Å². The van der Waals surface area contributed by atoms with Gasteiger partial charge in [-0.25, -0.2) is 0 Å². The molecule has 0 radical (unpaired) electrons. The van der Waals surface area contributed by atoms with Crippen LogP contribution >= 0.6 is 0 Å². The molecule has 0 atom stereocenters. The Balaban J connectivity index is 1.67. The summed E-state index contributed by atoms with van der Waals surface area (Å²) in [6.07, 6.45) is 1.67. The normalized spacial score (nSPS) is 17.6. The molecule has 146 valence electrons. The maximum absolute atomic E-state index is 13.1. The third-order valence-corrected chi connectivity index (χ3v) is 6.67. The van der Waals surface area contributed by atoms with Crippen LogP contribution in [0.15, 0.2) is 51.8 Å². The van der Waals surface area contributed by atoms with E-state index in [2.05, 4.69) is 10.5 Å². The van der Waals surface area contributed by atoms with Crippen molar-refractivity contribution in [3.05, 3.63) is 59.2 Å². The summed E-state index contributed by atoms with van der Waals surface area (Å²) in [5.74, 6) is 0.307. The molecule has 6 nitrogen and oxygen atoms in total. The molecule has 2 aromatic rings. The standard InChI is InChI=1S/C21H23N3O3S/c1-3-11-24-15(2)22-28(26,27)20-13-17(8-9-19(20)24)21(25)23-12-10-16-6-4-5-7-18(16)14-23/h4-9,13H,3,10-12,14H2,1-2H3. The minimum absolute atomic E-state index is 0.106. The van der Waals surface area contributed by atoms with Crippen molar-refractivity contribution in [2.75, 3.05) is 18.0 Å². The number of fused-ring (bicyclic) bond motifs is 2. The first-order valence-electron chi connectivity index (χ1n) is 9.50. The molecule has 0 saturated carbocycles. The molecule has 0 fully saturated rings. The average molecular weight is 398 g/mol. The van der Waals surface area contributed by atoms with E-state index in [1.807, 2.05) is 30.0 Å². The fraction of sp³-hybridized carbons (Fsp3) is 0.333. The quantitative estimate of drug-likeness (QED) is 0.797. The number of amides is 1. The van der Waals surface area contributed by atoms with Gasteiger partial charge in [-0.2, -0.15) is 8.42 Å². The number of amidine groups is 1. The summed E-state index contributed by atoms with van der Waals surface area (Å²) in [6, 6.07) is 13.0. The highest BCUT2D eigenvalue weighted by Crippen LogP contribution is 2.33. The predicted octanol–water partition coefficient (Wildman–Crippen LogP) is 3.22. The van der Waals surface area contributed by atoms with Crippen LogP contribution in [0.5, 0.6) is 0 Å². The van der Waals surface area contributed by atoms with Crippen LogP contribution in [0, 0.1) is 0 Å². The van der Waals surface area contributed by atoms with E-state index in [9.17, 15) is 13.2 Å². The number of hydrogen-bond acceptors (Lipinski definition) is 4. The van der Waals surface area contributed by atoms with Crippen molar-refractivity contribution in [3.63, 3.8) is 0 Å². The molecule has 2 aromatic carbocycles. The Labute approximate surface area is 165 Å². The lowest BCUT2D eigenvalue weighted by Crippen LogP contribution is -2.37. The molecule has 0 spiro atoms. The van der Waals surface area contributed by atoms with E-state index in [-0.39, 0.29) is 10.8 Å². The molecule has 0 aromatic heterocycles. The largest absolute Gasteiger partial charge is 0.334 e. The van der Waals surface area contributed by atoms with Crippen molar-refractivity contribution in [2.45, 2.75) is 38.1 Å². The monoisotopic (exact) mass is 397 g/mol. The van der Waals surface area contributed by atoms with Gasteiger partial charge < -0.3 is 9.80 Å². The Hall–Kier alpha value is -2.67. The van der Waals surface area contributed by atoms with Crippen LogP contribution in [0.2, 0.25) is 0 Å². The molecule has 0 unspecified atom stereocenters. The van der Waals surface area contributed by atoms with Crippen LogP contribution in [-0.2, 0) is 23.0 Å². The number of carbonyl (C=O) groups excluding carboxylic acids is 1. The van der Waals surface area contributed by atoms with Crippen molar-refractivity contribution >= 4 is 27.5 Å². The zero-order valence-electron chi connectivity index (χ0n) is 16.1. The lowest BCUT2D eigenvalue weighted by atomic mass is 9.99. The van der Waals surface area contributed by atoms with Crippen molar-refractivity contribution < 1.29 is 13.2 Å². The van der Waals surface area contributed by atoms with Gasteiger partial charge in [-0.15, -0.1) is 4.40 Å².